The average molecular weight is 447 g/mol. The number of benzene rings is 2. The highest BCUT2D eigenvalue weighted by atomic mass is 16.5. The van der Waals surface area contributed by atoms with E-state index in [0.29, 0.717) is 29.2 Å². The molecular weight excluding hydrogens is 420 g/mol. The van der Waals surface area contributed by atoms with E-state index in [1.54, 1.807) is 25.1 Å². The molecule has 170 valence electrons. The number of anilines is 3. The van der Waals surface area contributed by atoms with Crippen LogP contribution < -0.4 is 15.0 Å². The van der Waals surface area contributed by atoms with Crippen LogP contribution in [0.2, 0.25) is 0 Å². The molecule has 0 aliphatic rings. The van der Waals surface area contributed by atoms with Gasteiger partial charge < -0.3 is 24.5 Å². The molecule has 33 heavy (non-hydrogen) atoms. The first-order valence-electron chi connectivity index (χ1n) is 10.6. The minimum atomic E-state index is -0.773. The number of rotatable bonds is 8. The maximum absolute atomic E-state index is 10.3. The summed E-state index contributed by atoms with van der Waals surface area (Å²) in [6.45, 7) is 5.63. The van der Waals surface area contributed by atoms with Crippen molar-refractivity contribution in [3.05, 3.63) is 61.1 Å². The fourth-order valence-corrected chi connectivity index (χ4v) is 3.53. The van der Waals surface area contributed by atoms with Crippen molar-refractivity contribution >= 4 is 17.6 Å². The van der Waals surface area contributed by atoms with Gasteiger partial charge in [0, 0.05) is 23.4 Å². The Kier molecular flexibility index (Phi) is 6.50. The van der Waals surface area contributed by atoms with E-state index in [0.717, 1.165) is 16.8 Å². The zero-order valence-corrected chi connectivity index (χ0v) is 18.9. The molecule has 4 rings (SSSR count). The number of aliphatic hydroxyl groups excluding tert-OH is 1. The Balaban J connectivity index is 1.74. The monoisotopic (exact) mass is 446 g/mol. The second-order valence-corrected chi connectivity index (χ2v) is 7.69. The molecule has 2 aromatic heterocycles. The highest BCUT2D eigenvalue weighted by Crippen LogP contribution is 2.33. The van der Waals surface area contributed by atoms with Crippen LogP contribution in [0.15, 0.2) is 65.5 Å². The molecule has 0 spiro atoms. The number of aromatic nitrogens is 4. The third-order valence-electron chi connectivity index (χ3n) is 5.00. The van der Waals surface area contributed by atoms with E-state index in [4.69, 9.17) is 9.15 Å². The molecule has 4 aromatic rings. The van der Waals surface area contributed by atoms with E-state index in [2.05, 4.69) is 25.3 Å². The van der Waals surface area contributed by atoms with E-state index in [9.17, 15) is 5.11 Å². The molecule has 0 fully saturated rings. The highest BCUT2D eigenvalue weighted by molar-refractivity contribution is 5.71. The van der Waals surface area contributed by atoms with E-state index in [-0.39, 0.29) is 6.04 Å². The summed E-state index contributed by atoms with van der Waals surface area (Å²) in [5.41, 5.74) is 2.35. The zero-order chi connectivity index (χ0) is 23.4. The lowest BCUT2D eigenvalue weighted by Gasteiger charge is -2.29. The lowest BCUT2D eigenvalue weighted by Crippen LogP contribution is -2.40. The summed E-state index contributed by atoms with van der Waals surface area (Å²) < 4.78 is 10.9. The summed E-state index contributed by atoms with van der Waals surface area (Å²) in [5.74, 6) is 2.44. The van der Waals surface area contributed by atoms with Gasteiger partial charge in [-0.15, -0.1) is 0 Å². The lowest BCUT2D eigenvalue weighted by atomic mass is 10.1. The SMILES string of the molecule is COc1cc(Nc2nc(-c3ccccc3)nc(N(C(C)C)C(C)O)n2)ccc1-c1cnco1. The van der Waals surface area contributed by atoms with Gasteiger partial charge in [-0.25, -0.2) is 4.98 Å². The predicted octanol–water partition coefficient (Wildman–Crippen LogP) is 4.50. The van der Waals surface area contributed by atoms with Gasteiger partial charge in [-0.3, -0.25) is 0 Å². The molecule has 1 atom stereocenters. The van der Waals surface area contributed by atoms with Gasteiger partial charge in [0.1, 0.15) is 12.0 Å². The Morgan fingerprint density at radius 3 is 2.45 bits per heavy atom. The van der Waals surface area contributed by atoms with Crippen LogP contribution in [0, 0.1) is 0 Å². The van der Waals surface area contributed by atoms with Crippen LogP contribution in [0.4, 0.5) is 17.6 Å². The van der Waals surface area contributed by atoms with Gasteiger partial charge in [-0.2, -0.15) is 15.0 Å². The van der Waals surface area contributed by atoms with Gasteiger partial charge in [0.25, 0.3) is 0 Å². The first-order valence-corrected chi connectivity index (χ1v) is 10.6. The topological polar surface area (TPSA) is 109 Å². The third-order valence-corrected chi connectivity index (χ3v) is 5.00. The molecule has 2 N–H and O–H groups in total. The molecule has 0 saturated carbocycles. The Morgan fingerprint density at radius 1 is 1.03 bits per heavy atom. The van der Waals surface area contributed by atoms with Crippen molar-refractivity contribution in [2.45, 2.75) is 33.0 Å². The van der Waals surface area contributed by atoms with Crippen LogP contribution in [0.1, 0.15) is 20.8 Å². The van der Waals surface area contributed by atoms with Gasteiger partial charge in [-0.1, -0.05) is 30.3 Å². The van der Waals surface area contributed by atoms with Crippen molar-refractivity contribution in [2.24, 2.45) is 0 Å². The lowest BCUT2D eigenvalue weighted by molar-refractivity contribution is 0.178. The van der Waals surface area contributed by atoms with Crippen molar-refractivity contribution in [2.75, 3.05) is 17.3 Å². The number of aliphatic hydroxyl groups is 1. The number of ether oxygens (including phenoxy) is 1. The molecule has 0 aliphatic heterocycles. The highest BCUT2D eigenvalue weighted by Gasteiger charge is 2.21. The fraction of sp³-hybridized carbons (Fsp3) is 0.250. The number of nitrogens with one attached hydrogen (secondary N) is 1. The summed E-state index contributed by atoms with van der Waals surface area (Å²) in [5, 5.41) is 13.6. The first-order chi connectivity index (χ1) is 16.0. The number of oxazole rings is 1. The second-order valence-electron chi connectivity index (χ2n) is 7.69. The Bertz CT molecular complexity index is 1190. The van der Waals surface area contributed by atoms with Gasteiger partial charge >= 0.3 is 0 Å². The summed E-state index contributed by atoms with van der Waals surface area (Å²) in [6, 6.07) is 15.2. The van der Waals surface area contributed by atoms with Crippen molar-refractivity contribution < 1.29 is 14.3 Å². The standard InChI is InChI=1S/C24H26N6O3/c1-15(2)30(16(3)31)24-28-22(17-8-6-5-7-9-17)27-23(29-24)26-18-10-11-19(20(12-18)32-4)21-13-25-14-33-21/h5-16,31H,1-4H3,(H,26,27,28,29). The molecule has 0 radical (unpaired) electrons. The summed E-state index contributed by atoms with van der Waals surface area (Å²) in [6.07, 6.45) is 2.23. The number of hydrogen-bond acceptors (Lipinski definition) is 9. The third kappa shape index (κ3) is 4.93. The minimum absolute atomic E-state index is 0.0230. The van der Waals surface area contributed by atoms with Crippen LogP contribution in [0.5, 0.6) is 5.75 Å². The van der Waals surface area contributed by atoms with E-state index < -0.39 is 6.23 Å². The van der Waals surface area contributed by atoms with Gasteiger partial charge in [-0.05, 0) is 32.9 Å². The first kappa shape index (κ1) is 22.2. The smallest absolute Gasteiger partial charge is 0.233 e. The zero-order valence-electron chi connectivity index (χ0n) is 18.9. The van der Waals surface area contributed by atoms with Crippen LogP contribution in [0.25, 0.3) is 22.7 Å². The van der Waals surface area contributed by atoms with Crippen molar-refractivity contribution in [3.63, 3.8) is 0 Å². The van der Waals surface area contributed by atoms with Crippen LogP contribution in [0.3, 0.4) is 0 Å². The quantitative estimate of drug-likeness (QED) is 0.378. The Morgan fingerprint density at radius 2 is 1.82 bits per heavy atom. The number of nitrogens with zero attached hydrogens (tertiary/aromatic N) is 5. The van der Waals surface area contributed by atoms with E-state index >= 15 is 0 Å². The fourth-order valence-electron chi connectivity index (χ4n) is 3.53. The Hall–Kier alpha value is -3.98. The molecule has 0 saturated heterocycles. The van der Waals surface area contributed by atoms with Gasteiger partial charge in [0.05, 0.1) is 18.9 Å². The predicted molar refractivity (Wildman–Crippen MR) is 126 cm³/mol. The minimum Gasteiger partial charge on any atom is -0.496 e. The molecular formula is C24H26N6O3. The normalized spacial score (nSPS) is 11.9. The number of hydrogen-bond donors (Lipinski definition) is 2. The molecule has 2 heterocycles. The van der Waals surface area contributed by atoms with Gasteiger partial charge in [0.15, 0.2) is 18.0 Å². The van der Waals surface area contributed by atoms with Crippen LogP contribution in [-0.2, 0) is 0 Å². The van der Waals surface area contributed by atoms with Crippen LogP contribution in [-0.4, -0.2) is 44.4 Å². The summed E-state index contributed by atoms with van der Waals surface area (Å²) in [4.78, 5) is 19.5. The van der Waals surface area contributed by atoms with Crippen LogP contribution >= 0.6 is 0 Å². The van der Waals surface area contributed by atoms with Crippen molar-refractivity contribution in [3.8, 4) is 28.5 Å². The molecule has 9 nitrogen and oxygen atoms in total. The van der Waals surface area contributed by atoms with Crippen molar-refractivity contribution in [1.29, 1.82) is 0 Å². The summed E-state index contributed by atoms with van der Waals surface area (Å²) >= 11 is 0. The largest absolute Gasteiger partial charge is 0.496 e. The maximum atomic E-state index is 10.3. The molecule has 1 unspecified atom stereocenters. The van der Waals surface area contributed by atoms with Crippen molar-refractivity contribution in [1.82, 2.24) is 19.9 Å². The average Bonchev–Trinajstić information content (AvgIpc) is 3.34. The molecule has 0 amide bonds. The molecule has 2 aromatic carbocycles. The second kappa shape index (κ2) is 9.66. The molecule has 9 heteroatoms. The summed E-state index contributed by atoms with van der Waals surface area (Å²) in [7, 11) is 1.59. The molecule has 0 bridgehead atoms. The Labute approximate surface area is 192 Å². The maximum Gasteiger partial charge on any atom is 0.233 e. The van der Waals surface area contributed by atoms with E-state index in [1.165, 1.54) is 6.39 Å². The van der Waals surface area contributed by atoms with E-state index in [1.807, 2.05) is 62.4 Å². The molecule has 0 aliphatic carbocycles. The van der Waals surface area contributed by atoms with Gasteiger partial charge in [0.2, 0.25) is 11.9 Å². The number of methoxy groups -OCH3 is 1.